The first-order valence-corrected chi connectivity index (χ1v) is 13.1. The first-order valence-electron chi connectivity index (χ1n) is 12.3. The molecule has 0 aliphatic carbocycles. The lowest BCUT2D eigenvalue weighted by Gasteiger charge is -2.22. The van der Waals surface area contributed by atoms with E-state index in [-0.39, 0.29) is 22.5 Å². The van der Waals surface area contributed by atoms with Crippen LogP contribution in [0.3, 0.4) is 0 Å². The predicted octanol–water partition coefficient (Wildman–Crippen LogP) is 4.84. The number of thioether (sulfide) groups is 1. The Morgan fingerprint density at radius 3 is 2.08 bits per heavy atom. The summed E-state index contributed by atoms with van der Waals surface area (Å²) in [5.41, 5.74) is 4.14. The third-order valence-electron chi connectivity index (χ3n) is 5.97. The number of nitrogens with one attached hydrogen (secondary N) is 1. The van der Waals surface area contributed by atoms with Crippen LogP contribution < -0.4 is 11.2 Å². The Morgan fingerprint density at radius 2 is 1.42 bits per heavy atom. The predicted molar refractivity (Wildman–Crippen MR) is 150 cm³/mol. The smallest absolute Gasteiger partial charge is 0.283 e. The number of aromatic amines is 1. The molecule has 3 aromatic carbocycles. The number of aromatic nitrogens is 6. The summed E-state index contributed by atoms with van der Waals surface area (Å²) in [7, 11) is 0. The van der Waals surface area contributed by atoms with Crippen molar-refractivity contribution in [3.05, 3.63) is 117 Å². The second kappa shape index (κ2) is 10.6. The summed E-state index contributed by atoms with van der Waals surface area (Å²) in [5.74, 6) is 0.598. The molecule has 1 N–H and O–H groups in total. The summed E-state index contributed by atoms with van der Waals surface area (Å²) >= 11 is 1.52. The van der Waals surface area contributed by atoms with Gasteiger partial charge >= 0.3 is 5.69 Å². The first kappa shape index (κ1) is 25.4. The Hall–Kier alpha value is -4.24. The average molecular weight is 525 g/mol. The van der Waals surface area contributed by atoms with Crippen LogP contribution in [-0.2, 0) is 13.1 Å². The molecule has 0 unspecified atom stereocenters. The molecule has 0 saturated carbocycles. The van der Waals surface area contributed by atoms with E-state index in [0.29, 0.717) is 17.4 Å². The SMILES string of the molecule is CC(C)(C)Sc1cc(=O)n(Cc2ccccc2)c(=O)n1Cc1ccc(-c2ccccc2-c2nnn[nH]2)cc1. The molecule has 0 aliphatic heterocycles. The number of tetrazole rings is 1. The van der Waals surface area contributed by atoms with Gasteiger partial charge in [0.25, 0.3) is 5.56 Å². The lowest BCUT2D eigenvalue weighted by molar-refractivity contribution is 0.569. The third kappa shape index (κ3) is 5.68. The highest BCUT2D eigenvalue weighted by Crippen LogP contribution is 2.32. The number of rotatable bonds is 7. The lowest BCUT2D eigenvalue weighted by atomic mass is 9.98. The molecule has 5 aromatic rings. The fraction of sp³-hybridized carbons (Fsp3) is 0.207. The normalized spacial score (nSPS) is 11.6. The van der Waals surface area contributed by atoms with Gasteiger partial charge in [-0.05, 0) is 32.7 Å². The van der Waals surface area contributed by atoms with Crippen LogP contribution in [-0.4, -0.2) is 34.5 Å². The molecule has 8 nitrogen and oxygen atoms in total. The average Bonchev–Trinajstić information content (AvgIpc) is 3.44. The topological polar surface area (TPSA) is 98.5 Å². The molecular formula is C29H28N6O2S. The van der Waals surface area contributed by atoms with E-state index in [9.17, 15) is 9.59 Å². The van der Waals surface area contributed by atoms with Crippen LogP contribution in [0.1, 0.15) is 31.9 Å². The highest BCUT2D eigenvalue weighted by Gasteiger charge is 2.19. The summed E-state index contributed by atoms with van der Waals surface area (Å²) in [4.78, 5) is 26.7. The second-order valence-corrected chi connectivity index (χ2v) is 11.8. The van der Waals surface area contributed by atoms with Gasteiger partial charge in [-0.2, -0.15) is 0 Å². The van der Waals surface area contributed by atoms with Gasteiger partial charge in [0.15, 0.2) is 5.82 Å². The van der Waals surface area contributed by atoms with Crippen LogP contribution in [0.2, 0.25) is 0 Å². The second-order valence-electron chi connectivity index (χ2n) is 9.97. The number of H-pyrrole nitrogens is 1. The summed E-state index contributed by atoms with van der Waals surface area (Å²) in [5, 5.41) is 14.9. The van der Waals surface area contributed by atoms with Crippen molar-refractivity contribution in [2.75, 3.05) is 0 Å². The Balaban J connectivity index is 1.51. The van der Waals surface area contributed by atoms with E-state index in [1.807, 2.05) is 78.9 Å². The van der Waals surface area contributed by atoms with E-state index in [1.165, 1.54) is 16.3 Å². The van der Waals surface area contributed by atoms with E-state index >= 15 is 0 Å². The standard InChI is InChI=1S/C29H28N6O2S/c1-29(2,3)38-26-17-25(36)34(18-20-9-5-4-6-10-20)28(37)35(26)19-21-13-15-22(16-14-21)23-11-7-8-12-24(23)27-30-32-33-31-27/h4-17H,18-19H2,1-3H3,(H,30,31,32,33). The maximum Gasteiger partial charge on any atom is 0.332 e. The summed E-state index contributed by atoms with van der Waals surface area (Å²) in [6.07, 6.45) is 0. The maximum atomic E-state index is 13.7. The molecule has 0 spiro atoms. The van der Waals surface area contributed by atoms with Gasteiger partial charge in [-0.15, -0.1) is 16.9 Å². The van der Waals surface area contributed by atoms with Crippen molar-refractivity contribution in [2.24, 2.45) is 0 Å². The number of nitrogens with zero attached hydrogens (tertiary/aromatic N) is 5. The van der Waals surface area contributed by atoms with Crippen molar-refractivity contribution in [1.82, 2.24) is 29.8 Å². The van der Waals surface area contributed by atoms with E-state index in [1.54, 1.807) is 10.6 Å². The Bertz CT molecular complexity index is 1650. The molecule has 0 atom stereocenters. The molecule has 2 aromatic heterocycles. The Morgan fingerprint density at radius 1 is 0.789 bits per heavy atom. The minimum Gasteiger partial charge on any atom is -0.283 e. The minimum absolute atomic E-state index is 0.171. The molecule has 192 valence electrons. The van der Waals surface area contributed by atoms with Gasteiger partial charge in [0.1, 0.15) is 0 Å². The first-order chi connectivity index (χ1) is 18.3. The third-order valence-corrected chi connectivity index (χ3v) is 7.13. The fourth-order valence-corrected chi connectivity index (χ4v) is 5.28. The van der Waals surface area contributed by atoms with Gasteiger partial charge in [-0.25, -0.2) is 9.89 Å². The maximum absolute atomic E-state index is 13.7. The monoisotopic (exact) mass is 524 g/mol. The zero-order valence-electron chi connectivity index (χ0n) is 21.5. The van der Waals surface area contributed by atoms with E-state index in [4.69, 9.17) is 0 Å². The van der Waals surface area contributed by atoms with Crippen molar-refractivity contribution in [2.45, 2.75) is 43.6 Å². The summed E-state index contributed by atoms with van der Waals surface area (Å²) < 4.78 is 2.83. The molecular weight excluding hydrogens is 496 g/mol. The molecule has 9 heteroatoms. The number of hydrogen-bond acceptors (Lipinski definition) is 6. The van der Waals surface area contributed by atoms with Crippen molar-refractivity contribution < 1.29 is 0 Å². The largest absolute Gasteiger partial charge is 0.332 e. The molecule has 2 heterocycles. The van der Waals surface area contributed by atoms with Crippen LogP contribution in [0, 0.1) is 0 Å². The van der Waals surface area contributed by atoms with E-state index in [2.05, 4.69) is 41.4 Å². The summed E-state index contributed by atoms with van der Waals surface area (Å²) in [6, 6.07) is 27.1. The van der Waals surface area contributed by atoms with Crippen LogP contribution >= 0.6 is 11.8 Å². The van der Waals surface area contributed by atoms with Gasteiger partial charge in [-0.3, -0.25) is 13.9 Å². The lowest BCUT2D eigenvalue weighted by Crippen LogP contribution is -2.41. The number of hydrogen-bond donors (Lipinski definition) is 1. The number of benzene rings is 3. The molecule has 0 aliphatic rings. The molecule has 38 heavy (non-hydrogen) atoms. The van der Waals surface area contributed by atoms with Gasteiger partial charge < -0.3 is 0 Å². The summed E-state index contributed by atoms with van der Waals surface area (Å²) in [6.45, 7) is 6.78. The Kier molecular flexibility index (Phi) is 7.11. The van der Waals surface area contributed by atoms with Gasteiger partial charge in [0.2, 0.25) is 0 Å². The molecule has 0 fully saturated rings. The molecule has 5 rings (SSSR count). The van der Waals surface area contributed by atoms with Crippen LogP contribution in [0.25, 0.3) is 22.5 Å². The molecule has 0 bridgehead atoms. The van der Waals surface area contributed by atoms with Crippen molar-refractivity contribution in [3.8, 4) is 22.5 Å². The van der Waals surface area contributed by atoms with Gasteiger partial charge in [0, 0.05) is 16.4 Å². The van der Waals surface area contributed by atoms with E-state index in [0.717, 1.165) is 27.8 Å². The van der Waals surface area contributed by atoms with Crippen LogP contribution in [0.5, 0.6) is 0 Å². The van der Waals surface area contributed by atoms with Crippen molar-refractivity contribution >= 4 is 11.8 Å². The highest BCUT2D eigenvalue weighted by molar-refractivity contribution is 8.00. The quantitative estimate of drug-likeness (QED) is 0.242. The Labute approximate surface area is 224 Å². The fourth-order valence-electron chi connectivity index (χ4n) is 4.24. The van der Waals surface area contributed by atoms with Crippen molar-refractivity contribution in [1.29, 1.82) is 0 Å². The molecule has 0 saturated heterocycles. The highest BCUT2D eigenvalue weighted by atomic mass is 32.2. The minimum atomic E-state index is -0.319. The van der Waals surface area contributed by atoms with Crippen LogP contribution in [0.15, 0.2) is 99.5 Å². The van der Waals surface area contributed by atoms with Crippen molar-refractivity contribution in [3.63, 3.8) is 0 Å². The zero-order chi connectivity index (χ0) is 26.7. The zero-order valence-corrected chi connectivity index (χ0v) is 22.3. The molecule has 0 amide bonds. The van der Waals surface area contributed by atoms with Crippen LogP contribution in [0.4, 0.5) is 0 Å². The van der Waals surface area contributed by atoms with Gasteiger partial charge in [-0.1, -0.05) is 99.6 Å². The van der Waals surface area contributed by atoms with Gasteiger partial charge in [0.05, 0.1) is 18.1 Å². The molecule has 0 radical (unpaired) electrons. The van der Waals surface area contributed by atoms with E-state index < -0.39 is 0 Å².